The van der Waals surface area contributed by atoms with E-state index in [4.69, 9.17) is 21.4 Å². The molecule has 0 fully saturated rings. The van der Waals surface area contributed by atoms with Crippen molar-refractivity contribution in [3.63, 3.8) is 0 Å². The van der Waals surface area contributed by atoms with Crippen molar-refractivity contribution in [1.82, 2.24) is 5.32 Å². The summed E-state index contributed by atoms with van der Waals surface area (Å²) in [6.07, 6.45) is -0.195. The van der Waals surface area contributed by atoms with Gasteiger partial charge in [-0.2, -0.15) is 0 Å². The third-order valence-electron chi connectivity index (χ3n) is 3.04. The van der Waals surface area contributed by atoms with Crippen LogP contribution in [0.1, 0.15) is 18.4 Å². The third kappa shape index (κ3) is 5.64. The molecule has 0 aromatic heterocycles. The van der Waals surface area contributed by atoms with Gasteiger partial charge in [-0.25, -0.2) is 0 Å². The summed E-state index contributed by atoms with van der Waals surface area (Å²) in [5.41, 5.74) is 0.889. The summed E-state index contributed by atoms with van der Waals surface area (Å²) in [7, 11) is 0. The number of carboxylic acids is 1. The summed E-state index contributed by atoms with van der Waals surface area (Å²) in [6.45, 7) is 0.338. The zero-order chi connectivity index (χ0) is 16.7. The molecule has 0 atom stereocenters. The molecule has 0 aliphatic heterocycles. The van der Waals surface area contributed by atoms with Gasteiger partial charge in [0.25, 0.3) is 0 Å². The number of carbonyl (C=O) groups is 2. The lowest BCUT2D eigenvalue weighted by Crippen LogP contribution is -2.23. The van der Waals surface area contributed by atoms with Crippen molar-refractivity contribution in [1.29, 1.82) is 0 Å². The molecule has 2 aromatic rings. The van der Waals surface area contributed by atoms with Gasteiger partial charge in [0.15, 0.2) is 0 Å². The highest BCUT2D eigenvalue weighted by Gasteiger charge is 2.06. The summed E-state index contributed by atoms with van der Waals surface area (Å²) < 4.78 is 5.67. The van der Waals surface area contributed by atoms with Gasteiger partial charge in [-0.05, 0) is 29.8 Å². The van der Waals surface area contributed by atoms with Crippen molar-refractivity contribution >= 4 is 23.5 Å². The average Bonchev–Trinajstić information content (AvgIpc) is 2.54. The van der Waals surface area contributed by atoms with Crippen LogP contribution in [-0.2, 0) is 16.1 Å². The molecule has 0 aliphatic rings. The summed E-state index contributed by atoms with van der Waals surface area (Å²) in [4.78, 5) is 21.8. The molecule has 2 aromatic carbocycles. The number of halogens is 1. The lowest BCUT2D eigenvalue weighted by Gasteiger charge is -2.09. The van der Waals surface area contributed by atoms with Crippen LogP contribution in [0.4, 0.5) is 0 Å². The standard InChI is InChI=1S/C17H16ClNO4/c18-14-3-1-2-4-15(14)23-13-7-5-12(6-8-13)11-19-16(20)9-10-17(21)22/h1-8H,9-11H2,(H,19,20)(H,21,22). The maximum atomic E-state index is 11.5. The van der Waals surface area contributed by atoms with Crippen molar-refractivity contribution in [2.24, 2.45) is 0 Å². The fourth-order valence-corrected chi connectivity index (χ4v) is 2.01. The minimum atomic E-state index is -0.985. The Morgan fingerprint density at radius 1 is 1.04 bits per heavy atom. The lowest BCUT2D eigenvalue weighted by atomic mass is 10.2. The number of hydrogen-bond donors (Lipinski definition) is 2. The van der Waals surface area contributed by atoms with Crippen LogP contribution in [0.25, 0.3) is 0 Å². The van der Waals surface area contributed by atoms with E-state index in [-0.39, 0.29) is 18.7 Å². The highest BCUT2D eigenvalue weighted by Crippen LogP contribution is 2.28. The first-order valence-corrected chi connectivity index (χ1v) is 7.42. The normalized spacial score (nSPS) is 10.1. The first-order chi connectivity index (χ1) is 11.0. The van der Waals surface area contributed by atoms with Gasteiger partial charge in [0.05, 0.1) is 11.4 Å². The molecule has 0 aliphatic carbocycles. The summed E-state index contributed by atoms with van der Waals surface area (Å²) >= 11 is 6.03. The number of ether oxygens (including phenoxy) is 1. The second kappa shape index (κ2) is 8.19. The SMILES string of the molecule is O=C(O)CCC(=O)NCc1ccc(Oc2ccccc2Cl)cc1. The van der Waals surface area contributed by atoms with E-state index in [1.807, 2.05) is 24.3 Å². The zero-order valence-electron chi connectivity index (χ0n) is 12.3. The average molecular weight is 334 g/mol. The zero-order valence-corrected chi connectivity index (χ0v) is 13.0. The van der Waals surface area contributed by atoms with E-state index in [1.165, 1.54) is 0 Å². The van der Waals surface area contributed by atoms with Crippen LogP contribution < -0.4 is 10.1 Å². The van der Waals surface area contributed by atoms with Crippen molar-refractivity contribution in [2.45, 2.75) is 19.4 Å². The van der Waals surface area contributed by atoms with Crippen LogP contribution in [0.5, 0.6) is 11.5 Å². The maximum absolute atomic E-state index is 11.5. The molecule has 0 heterocycles. The van der Waals surface area contributed by atoms with Gasteiger partial charge in [0, 0.05) is 13.0 Å². The van der Waals surface area contributed by atoms with E-state index >= 15 is 0 Å². The van der Waals surface area contributed by atoms with Crippen LogP contribution >= 0.6 is 11.6 Å². The largest absolute Gasteiger partial charge is 0.481 e. The molecule has 0 saturated carbocycles. The van der Waals surface area contributed by atoms with Crippen molar-refractivity contribution in [3.8, 4) is 11.5 Å². The second-order valence-corrected chi connectivity index (χ2v) is 5.25. The predicted molar refractivity (Wildman–Crippen MR) is 86.7 cm³/mol. The molecule has 6 heteroatoms. The van der Waals surface area contributed by atoms with E-state index in [9.17, 15) is 9.59 Å². The van der Waals surface area contributed by atoms with E-state index in [0.717, 1.165) is 5.56 Å². The van der Waals surface area contributed by atoms with E-state index in [2.05, 4.69) is 5.32 Å². The van der Waals surface area contributed by atoms with Crippen LogP contribution in [0.15, 0.2) is 48.5 Å². The van der Waals surface area contributed by atoms with Crippen LogP contribution in [0, 0.1) is 0 Å². The Morgan fingerprint density at radius 3 is 2.39 bits per heavy atom. The molecular weight excluding hydrogens is 318 g/mol. The number of para-hydroxylation sites is 1. The fourth-order valence-electron chi connectivity index (χ4n) is 1.84. The number of amides is 1. The number of nitrogens with one attached hydrogen (secondary N) is 1. The predicted octanol–water partition coefficient (Wildman–Crippen LogP) is 3.61. The molecule has 0 radical (unpaired) electrons. The Balaban J connectivity index is 1.86. The number of benzene rings is 2. The number of hydrogen-bond acceptors (Lipinski definition) is 3. The monoisotopic (exact) mass is 333 g/mol. The number of carbonyl (C=O) groups excluding carboxylic acids is 1. The molecule has 120 valence electrons. The molecular formula is C17H16ClNO4. The van der Waals surface area contributed by atoms with Gasteiger partial charge in [0.2, 0.25) is 5.91 Å². The first-order valence-electron chi connectivity index (χ1n) is 7.04. The van der Waals surface area contributed by atoms with Crippen LogP contribution in [0.2, 0.25) is 5.02 Å². The van der Waals surface area contributed by atoms with Gasteiger partial charge in [0.1, 0.15) is 11.5 Å². The van der Waals surface area contributed by atoms with Gasteiger partial charge in [-0.15, -0.1) is 0 Å². The van der Waals surface area contributed by atoms with Gasteiger partial charge in [-0.1, -0.05) is 35.9 Å². The van der Waals surface area contributed by atoms with Crippen molar-refractivity contribution in [3.05, 3.63) is 59.1 Å². The Labute approximate surface area is 138 Å². The molecule has 0 bridgehead atoms. The molecule has 0 saturated heterocycles. The van der Waals surface area contributed by atoms with Crippen molar-refractivity contribution < 1.29 is 19.4 Å². The Kier molecular flexibility index (Phi) is 6.00. The topological polar surface area (TPSA) is 75.6 Å². The summed E-state index contributed by atoms with van der Waals surface area (Å²) in [5.74, 6) is -0.0621. The second-order valence-electron chi connectivity index (χ2n) is 4.85. The molecule has 2 rings (SSSR count). The lowest BCUT2D eigenvalue weighted by molar-refractivity contribution is -0.138. The maximum Gasteiger partial charge on any atom is 0.303 e. The highest BCUT2D eigenvalue weighted by molar-refractivity contribution is 6.32. The number of rotatable bonds is 7. The van der Waals surface area contributed by atoms with Crippen LogP contribution in [0.3, 0.4) is 0 Å². The van der Waals surface area contributed by atoms with Crippen LogP contribution in [-0.4, -0.2) is 17.0 Å². The molecule has 1 amide bonds. The van der Waals surface area contributed by atoms with Gasteiger partial charge >= 0.3 is 5.97 Å². The smallest absolute Gasteiger partial charge is 0.303 e. The highest BCUT2D eigenvalue weighted by atomic mass is 35.5. The fraction of sp³-hybridized carbons (Fsp3) is 0.176. The van der Waals surface area contributed by atoms with Gasteiger partial charge < -0.3 is 15.2 Å². The molecule has 0 unspecified atom stereocenters. The number of carboxylic acid groups (broad SMARTS) is 1. The molecule has 5 nitrogen and oxygen atoms in total. The minimum Gasteiger partial charge on any atom is -0.481 e. The Hall–Kier alpha value is -2.53. The van der Waals surface area contributed by atoms with Crippen molar-refractivity contribution in [2.75, 3.05) is 0 Å². The minimum absolute atomic E-state index is 0.0248. The first kappa shape index (κ1) is 16.8. The molecule has 23 heavy (non-hydrogen) atoms. The summed E-state index contributed by atoms with van der Waals surface area (Å²) in [5, 5.41) is 11.7. The Morgan fingerprint density at radius 2 is 1.74 bits per heavy atom. The van der Waals surface area contributed by atoms with E-state index < -0.39 is 5.97 Å². The molecule has 2 N–H and O–H groups in total. The van der Waals surface area contributed by atoms with Gasteiger partial charge in [-0.3, -0.25) is 9.59 Å². The third-order valence-corrected chi connectivity index (χ3v) is 3.36. The van der Waals surface area contributed by atoms with E-state index in [0.29, 0.717) is 23.1 Å². The Bertz CT molecular complexity index is 685. The quantitative estimate of drug-likeness (QED) is 0.811. The number of aliphatic carboxylic acids is 1. The van der Waals surface area contributed by atoms with E-state index in [1.54, 1.807) is 24.3 Å². The molecule has 0 spiro atoms. The summed E-state index contributed by atoms with van der Waals surface area (Å²) in [6, 6.07) is 14.4.